The number of hydrogen-bond donors (Lipinski definition) is 2. The second kappa shape index (κ2) is 5.99. The largest absolute Gasteiger partial charge is 0.389 e. The standard InChI is InChI=1S/C15H21N3O3/c1-10(19)11-2-5-14(16-8-11)18-6-7-21-9-13(18)15(20)17-12-3-4-12/h2,5,8,10,12-13,19H,3-4,6-7,9H2,1H3,(H,17,20)/t10-,13?/m1/s1. The second-order valence-electron chi connectivity index (χ2n) is 5.69. The fourth-order valence-corrected chi connectivity index (χ4v) is 2.43. The number of morpholine rings is 1. The number of amides is 1. The van der Waals surface area contributed by atoms with Crippen LogP contribution in [-0.4, -0.2) is 47.8 Å². The summed E-state index contributed by atoms with van der Waals surface area (Å²) < 4.78 is 5.45. The van der Waals surface area contributed by atoms with Gasteiger partial charge in [-0.3, -0.25) is 4.79 Å². The molecule has 2 aliphatic rings. The van der Waals surface area contributed by atoms with Crippen molar-refractivity contribution in [3.05, 3.63) is 23.9 Å². The molecular weight excluding hydrogens is 270 g/mol. The van der Waals surface area contributed by atoms with E-state index in [1.807, 2.05) is 17.0 Å². The summed E-state index contributed by atoms with van der Waals surface area (Å²) in [7, 11) is 0. The topological polar surface area (TPSA) is 74.7 Å². The Kier molecular flexibility index (Phi) is 4.07. The van der Waals surface area contributed by atoms with Crippen LogP contribution < -0.4 is 10.2 Å². The fourth-order valence-electron chi connectivity index (χ4n) is 2.43. The Bertz CT molecular complexity index is 499. The van der Waals surface area contributed by atoms with Gasteiger partial charge in [-0.05, 0) is 31.4 Å². The Labute approximate surface area is 124 Å². The average Bonchev–Trinajstić information content (AvgIpc) is 3.31. The Morgan fingerprint density at radius 2 is 2.33 bits per heavy atom. The van der Waals surface area contributed by atoms with Crippen LogP contribution in [0.2, 0.25) is 0 Å². The van der Waals surface area contributed by atoms with Crippen LogP contribution in [0.5, 0.6) is 0 Å². The predicted molar refractivity (Wildman–Crippen MR) is 78.0 cm³/mol. The molecule has 1 saturated heterocycles. The molecule has 3 rings (SSSR count). The van der Waals surface area contributed by atoms with Crippen LogP contribution in [0.25, 0.3) is 0 Å². The van der Waals surface area contributed by atoms with Gasteiger partial charge >= 0.3 is 0 Å². The summed E-state index contributed by atoms with van der Waals surface area (Å²) in [6.45, 7) is 3.33. The molecule has 2 fully saturated rings. The highest BCUT2D eigenvalue weighted by Gasteiger charge is 2.33. The third-order valence-corrected chi connectivity index (χ3v) is 3.90. The lowest BCUT2D eigenvalue weighted by molar-refractivity contribution is -0.124. The monoisotopic (exact) mass is 291 g/mol. The Morgan fingerprint density at radius 1 is 1.52 bits per heavy atom. The zero-order valence-electron chi connectivity index (χ0n) is 12.2. The first-order valence-electron chi connectivity index (χ1n) is 7.44. The van der Waals surface area contributed by atoms with Crippen molar-refractivity contribution >= 4 is 11.7 Å². The van der Waals surface area contributed by atoms with Gasteiger partial charge in [0.05, 0.1) is 19.3 Å². The van der Waals surface area contributed by atoms with Gasteiger partial charge in [-0.15, -0.1) is 0 Å². The van der Waals surface area contributed by atoms with E-state index in [0.29, 0.717) is 25.8 Å². The molecule has 1 saturated carbocycles. The van der Waals surface area contributed by atoms with Gasteiger partial charge in [-0.2, -0.15) is 0 Å². The van der Waals surface area contributed by atoms with Gasteiger partial charge in [-0.25, -0.2) is 4.98 Å². The van der Waals surface area contributed by atoms with Gasteiger partial charge in [0.25, 0.3) is 0 Å². The lowest BCUT2D eigenvalue weighted by atomic mass is 10.1. The van der Waals surface area contributed by atoms with E-state index in [0.717, 1.165) is 24.2 Å². The molecule has 1 unspecified atom stereocenters. The average molecular weight is 291 g/mol. The van der Waals surface area contributed by atoms with E-state index in [1.165, 1.54) is 0 Å². The number of carbonyl (C=O) groups excluding carboxylic acids is 1. The third-order valence-electron chi connectivity index (χ3n) is 3.90. The van der Waals surface area contributed by atoms with Crippen LogP contribution >= 0.6 is 0 Å². The van der Waals surface area contributed by atoms with Crippen LogP contribution in [-0.2, 0) is 9.53 Å². The number of anilines is 1. The van der Waals surface area contributed by atoms with Crippen molar-refractivity contribution in [1.29, 1.82) is 0 Å². The predicted octanol–water partition coefficient (Wildman–Crippen LogP) is 0.619. The van der Waals surface area contributed by atoms with Gasteiger partial charge < -0.3 is 20.1 Å². The van der Waals surface area contributed by atoms with Crippen molar-refractivity contribution in [3.63, 3.8) is 0 Å². The Balaban J connectivity index is 1.74. The highest BCUT2D eigenvalue weighted by atomic mass is 16.5. The molecule has 114 valence electrons. The molecule has 0 spiro atoms. The molecule has 1 aliphatic carbocycles. The number of pyridine rings is 1. The quantitative estimate of drug-likeness (QED) is 0.850. The number of nitrogens with one attached hydrogen (secondary N) is 1. The van der Waals surface area contributed by atoms with Gasteiger partial charge in [0.2, 0.25) is 5.91 Å². The zero-order valence-corrected chi connectivity index (χ0v) is 12.2. The maximum absolute atomic E-state index is 12.3. The van der Waals surface area contributed by atoms with Gasteiger partial charge in [0.15, 0.2) is 0 Å². The molecule has 6 heteroatoms. The van der Waals surface area contributed by atoms with E-state index in [-0.39, 0.29) is 11.9 Å². The molecule has 1 amide bonds. The first-order chi connectivity index (χ1) is 10.1. The molecular formula is C15H21N3O3. The van der Waals surface area contributed by atoms with Crippen molar-refractivity contribution in [2.24, 2.45) is 0 Å². The van der Waals surface area contributed by atoms with Crippen LogP contribution in [0.1, 0.15) is 31.4 Å². The van der Waals surface area contributed by atoms with E-state index < -0.39 is 6.10 Å². The van der Waals surface area contributed by atoms with Crippen molar-refractivity contribution in [2.45, 2.75) is 38.0 Å². The SMILES string of the molecule is C[C@@H](O)c1ccc(N2CCOCC2C(=O)NC2CC2)nc1. The maximum Gasteiger partial charge on any atom is 0.245 e. The number of aromatic nitrogens is 1. The number of aliphatic hydroxyl groups excluding tert-OH is 1. The highest BCUT2D eigenvalue weighted by Crippen LogP contribution is 2.22. The van der Waals surface area contributed by atoms with E-state index in [9.17, 15) is 9.90 Å². The summed E-state index contributed by atoms with van der Waals surface area (Å²) in [6, 6.07) is 3.71. The summed E-state index contributed by atoms with van der Waals surface area (Å²) >= 11 is 0. The van der Waals surface area contributed by atoms with Crippen molar-refractivity contribution < 1.29 is 14.6 Å². The normalized spacial score (nSPS) is 23.7. The van der Waals surface area contributed by atoms with E-state index in [1.54, 1.807) is 13.1 Å². The summed E-state index contributed by atoms with van der Waals surface area (Å²) in [4.78, 5) is 18.7. The first-order valence-corrected chi connectivity index (χ1v) is 7.44. The minimum atomic E-state index is -0.537. The molecule has 2 heterocycles. The van der Waals surface area contributed by atoms with Crippen molar-refractivity contribution in [3.8, 4) is 0 Å². The molecule has 21 heavy (non-hydrogen) atoms. The molecule has 1 aromatic heterocycles. The molecule has 1 aromatic rings. The van der Waals surface area contributed by atoms with Crippen LogP contribution in [0.3, 0.4) is 0 Å². The lowest BCUT2D eigenvalue weighted by Crippen LogP contribution is -2.54. The molecule has 1 aliphatic heterocycles. The van der Waals surface area contributed by atoms with Crippen LogP contribution in [0, 0.1) is 0 Å². The zero-order chi connectivity index (χ0) is 14.8. The van der Waals surface area contributed by atoms with Crippen LogP contribution in [0.4, 0.5) is 5.82 Å². The number of carbonyl (C=O) groups is 1. The lowest BCUT2D eigenvalue weighted by Gasteiger charge is -2.35. The number of hydrogen-bond acceptors (Lipinski definition) is 5. The molecule has 0 radical (unpaired) electrons. The second-order valence-corrected chi connectivity index (χ2v) is 5.69. The van der Waals surface area contributed by atoms with Crippen molar-refractivity contribution in [2.75, 3.05) is 24.7 Å². The Morgan fingerprint density at radius 3 is 2.95 bits per heavy atom. The number of nitrogens with zero attached hydrogens (tertiary/aromatic N) is 2. The summed E-state index contributed by atoms with van der Waals surface area (Å²) in [6.07, 6.45) is 3.26. The molecule has 0 aromatic carbocycles. The minimum absolute atomic E-state index is 0.0126. The molecule has 6 nitrogen and oxygen atoms in total. The summed E-state index contributed by atoms with van der Waals surface area (Å²) in [5.41, 5.74) is 0.769. The van der Waals surface area contributed by atoms with Gasteiger partial charge in [0.1, 0.15) is 11.9 Å². The number of ether oxygens (including phenoxy) is 1. The van der Waals surface area contributed by atoms with Crippen molar-refractivity contribution in [1.82, 2.24) is 10.3 Å². The number of rotatable bonds is 4. The van der Waals surface area contributed by atoms with Gasteiger partial charge in [0, 0.05) is 18.8 Å². The Hall–Kier alpha value is -1.66. The van der Waals surface area contributed by atoms with E-state index >= 15 is 0 Å². The minimum Gasteiger partial charge on any atom is -0.389 e. The molecule has 0 bridgehead atoms. The number of aliphatic hydroxyl groups is 1. The smallest absolute Gasteiger partial charge is 0.245 e. The summed E-state index contributed by atoms with van der Waals surface area (Å²) in [5, 5.41) is 12.6. The van der Waals surface area contributed by atoms with E-state index in [2.05, 4.69) is 10.3 Å². The third kappa shape index (κ3) is 3.33. The first kappa shape index (κ1) is 14.3. The molecule has 2 N–H and O–H groups in total. The fraction of sp³-hybridized carbons (Fsp3) is 0.600. The van der Waals surface area contributed by atoms with Crippen LogP contribution in [0.15, 0.2) is 18.3 Å². The maximum atomic E-state index is 12.3. The highest BCUT2D eigenvalue weighted by molar-refractivity contribution is 5.85. The molecule has 2 atom stereocenters. The van der Waals surface area contributed by atoms with E-state index in [4.69, 9.17) is 4.74 Å². The summed E-state index contributed by atoms with van der Waals surface area (Å²) in [5.74, 6) is 0.761. The van der Waals surface area contributed by atoms with Gasteiger partial charge in [-0.1, -0.05) is 6.07 Å².